The number of rotatable bonds is 11. The second-order valence-electron chi connectivity index (χ2n) is 9.93. The van der Waals surface area contributed by atoms with Crippen molar-refractivity contribution in [1.29, 1.82) is 5.26 Å². The summed E-state index contributed by atoms with van der Waals surface area (Å²) in [5, 5.41) is 11.1. The molecule has 1 unspecified atom stereocenters. The summed E-state index contributed by atoms with van der Waals surface area (Å²) in [6.45, 7) is 2.79. The second-order valence-corrected chi connectivity index (χ2v) is 11.4. The molecule has 0 saturated heterocycles. The number of benzene rings is 3. The highest BCUT2D eigenvalue weighted by atomic mass is 35.5. The number of carbonyl (C=O) groups is 1. The van der Waals surface area contributed by atoms with Gasteiger partial charge in [-0.25, -0.2) is 4.79 Å². The number of carbonyl (C=O) groups excluding carboxylic acids is 1. The molecule has 9 heteroatoms. The van der Waals surface area contributed by atoms with Gasteiger partial charge in [0.15, 0.2) is 11.5 Å². The van der Waals surface area contributed by atoms with E-state index in [1.807, 2.05) is 42.5 Å². The van der Waals surface area contributed by atoms with Crippen LogP contribution < -0.4 is 24.7 Å². The molecule has 0 fully saturated rings. The Morgan fingerprint density at radius 2 is 1.88 bits per heavy atom. The number of hydrogen-bond donors (Lipinski definition) is 1. The molecule has 0 spiro atoms. The van der Waals surface area contributed by atoms with Crippen LogP contribution in [0.4, 0.5) is 0 Å². The van der Waals surface area contributed by atoms with Crippen molar-refractivity contribution in [2.45, 2.75) is 44.9 Å². The van der Waals surface area contributed by atoms with E-state index in [2.05, 4.69) is 13.0 Å². The van der Waals surface area contributed by atoms with Crippen LogP contribution in [0.2, 0.25) is 5.02 Å². The number of unbranched alkanes of at least 4 members (excludes halogenated alkanes) is 4. The van der Waals surface area contributed by atoms with E-state index >= 15 is 0 Å². The first-order chi connectivity index (χ1) is 20.4. The monoisotopic (exact) mass is 602 g/mol. The maximum Gasteiger partial charge on any atom is 0.355 e. The quantitative estimate of drug-likeness (QED) is 0.104. The van der Waals surface area contributed by atoms with Crippen LogP contribution in [0.1, 0.15) is 65.7 Å². The van der Waals surface area contributed by atoms with Gasteiger partial charge in [-0.15, -0.1) is 11.3 Å². The number of nitriles is 1. The third-order valence-electron chi connectivity index (χ3n) is 7.15. The Hall–Kier alpha value is -4.19. The predicted octanol–water partition coefficient (Wildman–Crippen LogP) is 8.35. The van der Waals surface area contributed by atoms with Crippen molar-refractivity contribution in [3.8, 4) is 29.1 Å². The Morgan fingerprint density at radius 1 is 1.07 bits per heavy atom. The van der Waals surface area contributed by atoms with Crippen LogP contribution in [0, 0.1) is 11.3 Å². The molecular weight excluding hydrogens is 572 g/mol. The number of nitrogens with zero attached hydrogens (tertiary/aromatic N) is 1. The first-order valence-corrected chi connectivity index (χ1v) is 15.1. The van der Waals surface area contributed by atoms with Gasteiger partial charge in [0, 0.05) is 21.7 Å². The molecule has 0 aliphatic carbocycles. The number of nitrogens with two attached hydrogens (primary N) is 1. The van der Waals surface area contributed by atoms with Crippen molar-refractivity contribution in [2.24, 2.45) is 5.73 Å². The summed E-state index contributed by atoms with van der Waals surface area (Å²) in [6, 6.07) is 20.4. The number of fused-ring (bicyclic) bond motifs is 2. The molecule has 1 atom stereocenters. The highest BCUT2D eigenvalue weighted by Gasteiger charge is 2.32. The average Bonchev–Trinajstić information content (AvgIpc) is 3.34. The molecule has 0 saturated carbocycles. The van der Waals surface area contributed by atoms with Gasteiger partial charge < -0.3 is 24.7 Å². The van der Waals surface area contributed by atoms with Crippen molar-refractivity contribution >= 4 is 39.0 Å². The topological polar surface area (TPSA) is 104 Å². The molecule has 216 valence electrons. The van der Waals surface area contributed by atoms with Crippen LogP contribution in [0.3, 0.4) is 0 Å². The lowest BCUT2D eigenvalue weighted by molar-refractivity contribution is 0.0740. The lowest BCUT2D eigenvalue weighted by Crippen LogP contribution is -2.21. The maximum absolute atomic E-state index is 13.0. The predicted molar refractivity (Wildman–Crippen MR) is 165 cm³/mol. The van der Waals surface area contributed by atoms with E-state index in [1.165, 1.54) is 30.6 Å². The number of hydrogen-bond acceptors (Lipinski definition) is 8. The first-order valence-electron chi connectivity index (χ1n) is 13.9. The lowest BCUT2D eigenvalue weighted by atomic mass is 9.83. The molecule has 3 aromatic carbocycles. The van der Waals surface area contributed by atoms with E-state index in [-0.39, 0.29) is 17.2 Å². The minimum absolute atomic E-state index is 0.0163. The van der Waals surface area contributed by atoms with Crippen LogP contribution in [0.25, 0.3) is 10.1 Å². The Labute approximate surface area is 254 Å². The Kier molecular flexibility index (Phi) is 9.21. The number of thiophene rings is 1. The summed E-state index contributed by atoms with van der Waals surface area (Å²) >= 11 is 7.75. The van der Waals surface area contributed by atoms with Gasteiger partial charge >= 0.3 is 5.97 Å². The van der Waals surface area contributed by atoms with Crippen molar-refractivity contribution in [2.75, 3.05) is 13.7 Å². The number of methoxy groups -OCH3 is 1. The minimum atomic E-state index is -0.569. The lowest BCUT2D eigenvalue weighted by Gasteiger charge is -2.27. The van der Waals surface area contributed by atoms with Crippen LogP contribution in [-0.4, -0.2) is 19.7 Å². The molecule has 2 N–H and O–H groups in total. The fraction of sp³-hybridized carbons (Fsp3) is 0.273. The number of allylic oxidation sites excluding steroid dienone is 1. The highest BCUT2D eigenvalue weighted by Crippen LogP contribution is 2.45. The molecule has 4 aromatic rings. The summed E-state index contributed by atoms with van der Waals surface area (Å²) in [7, 11) is 1.59. The molecule has 7 nitrogen and oxygen atoms in total. The fourth-order valence-corrected chi connectivity index (χ4v) is 6.40. The van der Waals surface area contributed by atoms with Crippen molar-refractivity contribution < 1.29 is 23.7 Å². The first kappa shape index (κ1) is 29.3. The second kappa shape index (κ2) is 13.2. The molecule has 0 radical (unpaired) electrons. The van der Waals surface area contributed by atoms with Crippen molar-refractivity contribution in [1.82, 2.24) is 0 Å². The zero-order valence-electron chi connectivity index (χ0n) is 23.4. The van der Waals surface area contributed by atoms with Crippen LogP contribution in [0.5, 0.6) is 23.0 Å². The zero-order valence-corrected chi connectivity index (χ0v) is 25.0. The molecule has 2 heterocycles. The summed E-state index contributed by atoms with van der Waals surface area (Å²) in [5.74, 6) is 0.753. The normalized spacial score (nSPS) is 14.2. The van der Waals surface area contributed by atoms with Gasteiger partial charge in [-0.3, -0.25) is 0 Å². The van der Waals surface area contributed by atoms with E-state index in [0.717, 1.165) is 28.5 Å². The minimum Gasteiger partial charge on any atom is -0.493 e. The Balaban J connectivity index is 1.39. The van der Waals surface area contributed by atoms with E-state index in [0.29, 0.717) is 39.3 Å². The SMILES string of the molecule is CCCCCCCOc1ccc(C2C(C#N)=C(N)Oc3cc(OC(=O)c4sc5ccccc5c4Cl)ccc32)cc1OC. The smallest absolute Gasteiger partial charge is 0.355 e. The summed E-state index contributed by atoms with van der Waals surface area (Å²) < 4.78 is 24.0. The Morgan fingerprint density at radius 3 is 2.64 bits per heavy atom. The third-order valence-corrected chi connectivity index (χ3v) is 8.80. The van der Waals surface area contributed by atoms with E-state index in [1.54, 1.807) is 25.3 Å². The molecular formula is C33H31ClN2O5S. The summed E-state index contributed by atoms with van der Waals surface area (Å²) in [4.78, 5) is 13.3. The third kappa shape index (κ3) is 6.03. The zero-order chi connectivity index (χ0) is 29.6. The van der Waals surface area contributed by atoms with Crippen LogP contribution in [0.15, 0.2) is 72.1 Å². The molecule has 5 rings (SSSR count). The summed E-state index contributed by atoms with van der Waals surface area (Å²) in [6.07, 6.45) is 5.72. The molecule has 0 bridgehead atoms. The fourth-order valence-electron chi connectivity index (χ4n) is 5.01. The van der Waals surface area contributed by atoms with E-state index in [4.69, 9.17) is 36.3 Å². The number of halogens is 1. The van der Waals surface area contributed by atoms with Gasteiger partial charge in [-0.1, -0.05) is 74.5 Å². The summed E-state index contributed by atoms with van der Waals surface area (Å²) in [5.41, 5.74) is 7.97. The standard InChI is InChI=1S/C33H31ClN2O5S/c1-3-4-5-6-9-16-39-25-15-12-20(17-27(25)38-2)29-22-14-13-21(18-26(22)41-32(36)24(29)19-35)40-33(37)31-30(34)23-10-7-8-11-28(23)42-31/h7-8,10-15,17-18,29H,3-6,9,16,36H2,1-2H3. The van der Waals surface area contributed by atoms with Crippen LogP contribution >= 0.6 is 22.9 Å². The van der Waals surface area contributed by atoms with Crippen molar-refractivity contribution in [3.05, 3.63) is 93.1 Å². The van der Waals surface area contributed by atoms with Crippen molar-refractivity contribution in [3.63, 3.8) is 0 Å². The van der Waals surface area contributed by atoms with Gasteiger partial charge in [0.05, 0.1) is 24.7 Å². The molecule has 1 aromatic heterocycles. The highest BCUT2D eigenvalue weighted by molar-refractivity contribution is 7.21. The van der Waals surface area contributed by atoms with Gasteiger partial charge in [-0.05, 0) is 36.2 Å². The molecule has 0 amide bonds. The molecule has 1 aliphatic rings. The maximum atomic E-state index is 13.0. The van der Waals surface area contributed by atoms with Gasteiger partial charge in [0.2, 0.25) is 5.88 Å². The number of esters is 1. The van der Waals surface area contributed by atoms with E-state index < -0.39 is 11.9 Å². The van der Waals surface area contributed by atoms with Gasteiger partial charge in [-0.2, -0.15) is 5.26 Å². The molecule has 1 aliphatic heterocycles. The van der Waals surface area contributed by atoms with Crippen LogP contribution in [-0.2, 0) is 0 Å². The van der Waals surface area contributed by atoms with E-state index in [9.17, 15) is 10.1 Å². The van der Waals surface area contributed by atoms with Gasteiger partial charge in [0.25, 0.3) is 0 Å². The largest absolute Gasteiger partial charge is 0.493 e. The molecule has 42 heavy (non-hydrogen) atoms. The number of ether oxygens (including phenoxy) is 4. The van der Waals surface area contributed by atoms with Gasteiger partial charge in [0.1, 0.15) is 28.0 Å². The average molecular weight is 603 g/mol. The Bertz CT molecular complexity index is 1690.